The van der Waals surface area contributed by atoms with Gasteiger partial charge in [0, 0.05) is 11.3 Å². The maximum Gasteiger partial charge on any atom is 0.251 e. The van der Waals surface area contributed by atoms with E-state index in [2.05, 4.69) is 10.6 Å². The van der Waals surface area contributed by atoms with Crippen LogP contribution in [-0.2, 0) is 4.79 Å². The van der Waals surface area contributed by atoms with Gasteiger partial charge in [-0.05, 0) is 48.9 Å². The molecule has 0 aliphatic carbocycles. The second-order valence-electron chi connectivity index (χ2n) is 5.26. The van der Waals surface area contributed by atoms with Gasteiger partial charge in [0.2, 0.25) is 12.7 Å². The van der Waals surface area contributed by atoms with Gasteiger partial charge in [0.25, 0.3) is 5.91 Å². The molecule has 7 heteroatoms. The molecule has 0 fully saturated rings. The van der Waals surface area contributed by atoms with Crippen molar-refractivity contribution in [2.45, 2.75) is 6.92 Å². The zero-order valence-corrected chi connectivity index (χ0v) is 12.9. The van der Waals surface area contributed by atoms with E-state index >= 15 is 0 Å². The van der Waals surface area contributed by atoms with Crippen LogP contribution in [-0.4, -0.2) is 25.2 Å². The van der Waals surface area contributed by atoms with Gasteiger partial charge in [-0.2, -0.15) is 0 Å². The number of aryl methyl sites for hydroxylation is 1. The van der Waals surface area contributed by atoms with E-state index in [0.29, 0.717) is 28.3 Å². The molecule has 2 N–H and O–H groups in total. The van der Waals surface area contributed by atoms with Crippen LogP contribution in [0.5, 0.6) is 11.5 Å². The van der Waals surface area contributed by atoms with Crippen molar-refractivity contribution in [3.8, 4) is 11.5 Å². The van der Waals surface area contributed by atoms with E-state index in [-0.39, 0.29) is 19.2 Å². The van der Waals surface area contributed by atoms with Gasteiger partial charge in [-0.3, -0.25) is 9.59 Å². The number of ether oxygens (including phenoxy) is 2. The van der Waals surface area contributed by atoms with Gasteiger partial charge in [0.05, 0.1) is 6.54 Å². The highest BCUT2D eigenvalue weighted by Gasteiger charge is 2.16. The molecular weight excluding hydrogens is 315 g/mol. The summed E-state index contributed by atoms with van der Waals surface area (Å²) in [6.07, 6.45) is 0. The molecule has 0 saturated carbocycles. The number of carbonyl (C=O) groups is 2. The Morgan fingerprint density at radius 1 is 1.12 bits per heavy atom. The van der Waals surface area contributed by atoms with Crippen molar-refractivity contribution < 1.29 is 23.5 Å². The summed E-state index contributed by atoms with van der Waals surface area (Å²) in [5.74, 6) is -0.107. The van der Waals surface area contributed by atoms with Crippen LogP contribution in [0.2, 0.25) is 0 Å². The first kappa shape index (κ1) is 15.8. The fourth-order valence-corrected chi connectivity index (χ4v) is 2.26. The lowest BCUT2D eigenvalue weighted by Crippen LogP contribution is -2.33. The summed E-state index contributed by atoms with van der Waals surface area (Å²) >= 11 is 0. The number of hydrogen-bond acceptors (Lipinski definition) is 4. The topological polar surface area (TPSA) is 76.7 Å². The third kappa shape index (κ3) is 3.45. The Bertz CT molecular complexity index is 807. The van der Waals surface area contributed by atoms with Crippen LogP contribution in [0.3, 0.4) is 0 Å². The van der Waals surface area contributed by atoms with Gasteiger partial charge in [0.1, 0.15) is 5.82 Å². The average molecular weight is 330 g/mol. The number of hydrogen-bond donors (Lipinski definition) is 2. The minimum absolute atomic E-state index is 0.125. The van der Waals surface area contributed by atoms with E-state index < -0.39 is 11.8 Å². The number of rotatable bonds is 4. The lowest BCUT2D eigenvalue weighted by Gasteiger charge is -2.09. The maximum atomic E-state index is 13.0. The highest BCUT2D eigenvalue weighted by Crippen LogP contribution is 2.32. The van der Waals surface area contributed by atoms with E-state index in [9.17, 15) is 14.0 Å². The highest BCUT2D eigenvalue weighted by molar-refractivity contribution is 5.99. The number of benzene rings is 2. The molecule has 0 aromatic heterocycles. The van der Waals surface area contributed by atoms with E-state index in [0.717, 1.165) is 0 Å². The lowest BCUT2D eigenvalue weighted by atomic mass is 10.2. The van der Waals surface area contributed by atoms with E-state index in [4.69, 9.17) is 9.47 Å². The molecule has 2 amide bonds. The molecule has 1 aliphatic heterocycles. The largest absolute Gasteiger partial charge is 0.454 e. The minimum Gasteiger partial charge on any atom is -0.454 e. The molecule has 0 bridgehead atoms. The Hall–Kier alpha value is -3.09. The predicted molar refractivity (Wildman–Crippen MR) is 84.7 cm³/mol. The molecule has 1 aliphatic rings. The number of fused-ring (bicyclic) bond motifs is 1. The molecular formula is C17H15FN2O4. The molecule has 6 nitrogen and oxygen atoms in total. The average Bonchev–Trinajstić information content (AvgIpc) is 3.03. The second kappa shape index (κ2) is 6.57. The molecule has 0 spiro atoms. The van der Waals surface area contributed by atoms with Gasteiger partial charge in [-0.1, -0.05) is 0 Å². The molecule has 2 aromatic rings. The Kier molecular flexibility index (Phi) is 4.33. The Balaban J connectivity index is 1.57. The summed E-state index contributed by atoms with van der Waals surface area (Å²) < 4.78 is 23.4. The summed E-state index contributed by atoms with van der Waals surface area (Å²) in [6.45, 7) is 1.60. The van der Waals surface area contributed by atoms with Crippen LogP contribution in [0.4, 0.5) is 10.1 Å². The third-order valence-corrected chi connectivity index (χ3v) is 3.51. The van der Waals surface area contributed by atoms with Gasteiger partial charge in [-0.15, -0.1) is 0 Å². The second-order valence-corrected chi connectivity index (χ2v) is 5.26. The zero-order valence-electron chi connectivity index (χ0n) is 12.9. The smallest absolute Gasteiger partial charge is 0.251 e. The quantitative estimate of drug-likeness (QED) is 0.901. The van der Waals surface area contributed by atoms with E-state index in [1.165, 1.54) is 18.2 Å². The van der Waals surface area contributed by atoms with E-state index in [1.54, 1.807) is 25.1 Å². The molecule has 2 aromatic carbocycles. The van der Waals surface area contributed by atoms with Crippen molar-refractivity contribution in [2.75, 3.05) is 18.7 Å². The Morgan fingerprint density at radius 3 is 2.71 bits per heavy atom. The molecule has 24 heavy (non-hydrogen) atoms. The Morgan fingerprint density at radius 2 is 1.92 bits per heavy atom. The summed E-state index contributed by atoms with van der Waals surface area (Å²) in [5, 5.41) is 5.14. The van der Waals surface area contributed by atoms with Crippen molar-refractivity contribution in [1.82, 2.24) is 5.32 Å². The first-order valence-corrected chi connectivity index (χ1v) is 7.27. The van der Waals surface area contributed by atoms with Crippen molar-refractivity contribution in [2.24, 2.45) is 0 Å². The van der Waals surface area contributed by atoms with Crippen molar-refractivity contribution >= 4 is 17.5 Å². The summed E-state index contributed by atoms with van der Waals surface area (Å²) in [5.41, 5.74) is 1.47. The molecule has 1 heterocycles. The number of amides is 2. The van der Waals surface area contributed by atoms with Crippen molar-refractivity contribution in [1.29, 1.82) is 0 Å². The van der Waals surface area contributed by atoms with Crippen LogP contribution in [0.25, 0.3) is 0 Å². The normalized spacial score (nSPS) is 11.9. The van der Waals surface area contributed by atoms with Crippen molar-refractivity contribution in [3.63, 3.8) is 0 Å². The van der Waals surface area contributed by atoms with Crippen LogP contribution in [0.15, 0.2) is 36.4 Å². The summed E-state index contributed by atoms with van der Waals surface area (Å²) in [7, 11) is 0. The van der Waals surface area contributed by atoms with Crippen LogP contribution in [0.1, 0.15) is 15.9 Å². The minimum atomic E-state index is -0.404. The van der Waals surface area contributed by atoms with Crippen LogP contribution >= 0.6 is 0 Å². The first-order valence-electron chi connectivity index (χ1n) is 7.27. The van der Waals surface area contributed by atoms with Gasteiger partial charge in [0.15, 0.2) is 11.5 Å². The summed E-state index contributed by atoms with van der Waals surface area (Å²) in [6, 6.07) is 8.83. The third-order valence-electron chi connectivity index (χ3n) is 3.51. The standard InChI is InChI=1S/C17H15FN2O4/c1-10-6-12(18)3-4-13(10)20-16(21)8-19-17(22)11-2-5-14-15(7-11)24-9-23-14/h2-7H,8-9H2,1H3,(H,19,22)(H,20,21). The highest BCUT2D eigenvalue weighted by atomic mass is 19.1. The monoisotopic (exact) mass is 330 g/mol. The molecule has 0 unspecified atom stereocenters. The number of halogens is 1. The summed E-state index contributed by atoms with van der Waals surface area (Å²) in [4.78, 5) is 24.0. The number of carbonyl (C=O) groups excluding carboxylic acids is 2. The van der Waals surface area contributed by atoms with E-state index in [1.807, 2.05) is 0 Å². The van der Waals surface area contributed by atoms with Gasteiger partial charge < -0.3 is 20.1 Å². The van der Waals surface area contributed by atoms with Crippen LogP contribution < -0.4 is 20.1 Å². The molecule has 0 atom stereocenters. The lowest BCUT2D eigenvalue weighted by molar-refractivity contribution is -0.115. The zero-order chi connectivity index (χ0) is 17.1. The molecule has 0 radical (unpaired) electrons. The SMILES string of the molecule is Cc1cc(F)ccc1NC(=O)CNC(=O)c1ccc2c(c1)OCO2. The number of anilines is 1. The van der Waals surface area contributed by atoms with Crippen LogP contribution in [0, 0.1) is 12.7 Å². The van der Waals surface area contributed by atoms with Crippen molar-refractivity contribution in [3.05, 3.63) is 53.3 Å². The Labute approximate surface area is 137 Å². The molecule has 3 rings (SSSR count). The predicted octanol–water partition coefficient (Wildman–Crippen LogP) is 2.23. The van der Waals surface area contributed by atoms with Gasteiger partial charge >= 0.3 is 0 Å². The van der Waals surface area contributed by atoms with Gasteiger partial charge in [-0.25, -0.2) is 4.39 Å². The molecule has 0 saturated heterocycles. The maximum absolute atomic E-state index is 13.0. The number of nitrogens with one attached hydrogen (secondary N) is 2. The molecule has 124 valence electrons. The fourth-order valence-electron chi connectivity index (χ4n) is 2.26. The first-order chi connectivity index (χ1) is 11.5. The fraction of sp³-hybridized carbons (Fsp3) is 0.176.